The third-order valence-corrected chi connectivity index (χ3v) is 2.51. The van der Waals surface area contributed by atoms with Crippen molar-refractivity contribution in [1.82, 2.24) is 0 Å². The van der Waals surface area contributed by atoms with Crippen molar-refractivity contribution >= 4 is 5.97 Å². The van der Waals surface area contributed by atoms with Gasteiger partial charge >= 0.3 is 12.1 Å². The first-order chi connectivity index (χ1) is 7.19. The molecular weight excluding hydrogens is 223 g/mol. The molecule has 0 radical (unpaired) electrons. The van der Waals surface area contributed by atoms with E-state index in [1.54, 1.807) is 13.8 Å². The fourth-order valence-electron chi connectivity index (χ4n) is 1.27. The molecule has 16 heavy (non-hydrogen) atoms. The standard InChI is InChI=1S/C10H18F3NO2/c1-4-7(3)6-9(14,10(11,12)13)8(15)16-5-2/h7H,4-6,14H2,1-3H3/t7-,9-/m1/s1. The highest BCUT2D eigenvalue weighted by Gasteiger charge is 2.59. The van der Waals surface area contributed by atoms with Crippen molar-refractivity contribution in [3.63, 3.8) is 0 Å². The smallest absolute Gasteiger partial charge is 0.417 e. The molecule has 2 N–H and O–H groups in total. The quantitative estimate of drug-likeness (QED) is 0.751. The summed E-state index contributed by atoms with van der Waals surface area (Å²) in [6.07, 6.45) is -4.72. The van der Waals surface area contributed by atoms with Crippen LogP contribution in [0.5, 0.6) is 0 Å². The number of rotatable bonds is 5. The first kappa shape index (κ1) is 15.2. The average molecular weight is 241 g/mol. The summed E-state index contributed by atoms with van der Waals surface area (Å²) in [4.78, 5) is 11.3. The van der Waals surface area contributed by atoms with Crippen LogP contribution in [0.25, 0.3) is 0 Å². The molecule has 0 aliphatic heterocycles. The highest BCUT2D eigenvalue weighted by molar-refractivity contribution is 5.81. The Balaban J connectivity index is 4.97. The zero-order chi connectivity index (χ0) is 13.0. The van der Waals surface area contributed by atoms with Crippen LogP contribution in [-0.2, 0) is 9.53 Å². The van der Waals surface area contributed by atoms with E-state index in [0.717, 1.165) is 0 Å². The van der Waals surface area contributed by atoms with Gasteiger partial charge in [0.05, 0.1) is 6.61 Å². The number of nitrogens with two attached hydrogens (primary N) is 1. The van der Waals surface area contributed by atoms with Crippen LogP contribution in [0.2, 0.25) is 0 Å². The molecule has 96 valence electrons. The predicted molar refractivity (Wildman–Crippen MR) is 53.7 cm³/mol. The Morgan fingerprint density at radius 2 is 1.88 bits per heavy atom. The van der Waals surface area contributed by atoms with E-state index in [1.807, 2.05) is 0 Å². The molecule has 0 aliphatic carbocycles. The number of hydrogen-bond donors (Lipinski definition) is 1. The van der Waals surface area contributed by atoms with E-state index in [-0.39, 0.29) is 12.5 Å². The van der Waals surface area contributed by atoms with Gasteiger partial charge in [-0.15, -0.1) is 0 Å². The topological polar surface area (TPSA) is 52.3 Å². The highest BCUT2D eigenvalue weighted by Crippen LogP contribution is 2.35. The maximum Gasteiger partial charge on any atom is 0.417 e. The van der Waals surface area contributed by atoms with Crippen molar-refractivity contribution < 1.29 is 22.7 Å². The zero-order valence-electron chi connectivity index (χ0n) is 9.73. The summed E-state index contributed by atoms with van der Waals surface area (Å²) in [5.74, 6) is -1.70. The second kappa shape index (κ2) is 5.52. The number of alkyl halides is 3. The van der Waals surface area contributed by atoms with Gasteiger partial charge in [-0.25, -0.2) is 4.79 Å². The van der Waals surface area contributed by atoms with Gasteiger partial charge in [-0.3, -0.25) is 0 Å². The molecule has 0 spiro atoms. The van der Waals surface area contributed by atoms with Crippen LogP contribution in [0.15, 0.2) is 0 Å². The fraction of sp³-hybridized carbons (Fsp3) is 0.900. The number of carbonyl (C=O) groups is 1. The molecule has 2 atom stereocenters. The normalized spacial score (nSPS) is 17.7. The average Bonchev–Trinajstić information content (AvgIpc) is 2.16. The second-order valence-electron chi connectivity index (χ2n) is 3.91. The number of carbonyl (C=O) groups excluding carboxylic acids is 1. The van der Waals surface area contributed by atoms with Gasteiger partial charge < -0.3 is 10.5 Å². The molecular formula is C10H18F3NO2. The molecule has 0 rings (SSSR count). The molecule has 0 unspecified atom stereocenters. The molecule has 0 bridgehead atoms. The summed E-state index contributed by atoms with van der Waals surface area (Å²) in [5.41, 5.74) is 2.29. The van der Waals surface area contributed by atoms with Gasteiger partial charge in [0.15, 0.2) is 0 Å². The zero-order valence-corrected chi connectivity index (χ0v) is 9.73. The predicted octanol–water partition coefficient (Wildman–Crippen LogP) is 2.25. The lowest BCUT2D eigenvalue weighted by molar-refractivity contribution is -0.208. The van der Waals surface area contributed by atoms with Crippen LogP contribution in [0.1, 0.15) is 33.6 Å². The third-order valence-electron chi connectivity index (χ3n) is 2.51. The van der Waals surface area contributed by atoms with Crippen LogP contribution in [0, 0.1) is 5.92 Å². The van der Waals surface area contributed by atoms with E-state index >= 15 is 0 Å². The minimum atomic E-state index is -4.79. The van der Waals surface area contributed by atoms with Gasteiger partial charge in [0.2, 0.25) is 5.54 Å². The van der Waals surface area contributed by atoms with Crippen LogP contribution >= 0.6 is 0 Å². The van der Waals surface area contributed by atoms with Crippen molar-refractivity contribution in [2.24, 2.45) is 11.7 Å². The Morgan fingerprint density at radius 3 is 2.19 bits per heavy atom. The van der Waals surface area contributed by atoms with E-state index in [2.05, 4.69) is 4.74 Å². The Labute approximate surface area is 93.1 Å². The van der Waals surface area contributed by atoms with Gasteiger partial charge in [0, 0.05) is 0 Å². The summed E-state index contributed by atoms with van der Waals surface area (Å²) in [5, 5.41) is 0. The minimum absolute atomic E-state index is 0.117. The molecule has 0 aromatic rings. The summed E-state index contributed by atoms with van der Waals surface area (Å²) < 4.78 is 42.6. The first-order valence-corrected chi connectivity index (χ1v) is 5.21. The van der Waals surface area contributed by atoms with E-state index in [9.17, 15) is 18.0 Å². The Morgan fingerprint density at radius 1 is 1.38 bits per heavy atom. The van der Waals surface area contributed by atoms with E-state index in [4.69, 9.17) is 5.73 Å². The number of esters is 1. The maximum atomic E-state index is 12.7. The largest absolute Gasteiger partial charge is 0.464 e. The molecule has 0 aromatic heterocycles. The van der Waals surface area contributed by atoms with Gasteiger partial charge in [0.1, 0.15) is 0 Å². The molecule has 0 aromatic carbocycles. The maximum absolute atomic E-state index is 12.7. The Bertz CT molecular complexity index is 243. The monoisotopic (exact) mass is 241 g/mol. The lowest BCUT2D eigenvalue weighted by Crippen LogP contribution is -2.61. The summed E-state index contributed by atoms with van der Waals surface area (Å²) in [6, 6.07) is 0. The van der Waals surface area contributed by atoms with Crippen molar-refractivity contribution in [2.75, 3.05) is 6.61 Å². The van der Waals surface area contributed by atoms with Crippen molar-refractivity contribution in [3.8, 4) is 0 Å². The van der Waals surface area contributed by atoms with Crippen LogP contribution in [0.4, 0.5) is 13.2 Å². The molecule has 3 nitrogen and oxygen atoms in total. The summed E-state index contributed by atoms with van der Waals surface area (Å²) >= 11 is 0. The van der Waals surface area contributed by atoms with Crippen LogP contribution in [0.3, 0.4) is 0 Å². The van der Waals surface area contributed by atoms with Crippen molar-refractivity contribution in [3.05, 3.63) is 0 Å². The second-order valence-corrected chi connectivity index (χ2v) is 3.91. The van der Waals surface area contributed by atoms with E-state index < -0.39 is 24.1 Å². The molecule has 0 heterocycles. The molecule has 0 fully saturated rings. The van der Waals surface area contributed by atoms with Gasteiger partial charge in [-0.05, 0) is 19.3 Å². The number of ether oxygens (including phenoxy) is 1. The van der Waals surface area contributed by atoms with Crippen molar-refractivity contribution in [1.29, 1.82) is 0 Å². The van der Waals surface area contributed by atoms with Crippen molar-refractivity contribution in [2.45, 2.75) is 45.3 Å². The molecule has 6 heteroatoms. The van der Waals surface area contributed by atoms with Gasteiger partial charge in [0.25, 0.3) is 0 Å². The molecule has 0 saturated carbocycles. The molecule has 0 aliphatic rings. The highest BCUT2D eigenvalue weighted by atomic mass is 19.4. The van der Waals surface area contributed by atoms with E-state index in [1.165, 1.54) is 6.92 Å². The van der Waals surface area contributed by atoms with Crippen LogP contribution < -0.4 is 5.73 Å². The Hall–Kier alpha value is -0.780. The van der Waals surface area contributed by atoms with Crippen LogP contribution in [-0.4, -0.2) is 24.3 Å². The molecule has 0 saturated heterocycles. The lowest BCUT2D eigenvalue weighted by atomic mass is 9.87. The number of hydrogen-bond acceptors (Lipinski definition) is 3. The Kier molecular flexibility index (Phi) is 5.25. The SMILES string of the molecule is CCOC(=O)[C@](N)(C[C@H](C)CC)C(F)(F)F. The summed E-state index contributed by atoms with van der Waals surface area (Å²) in [6.45, 7) is 4.69. The lowest BCUT2D eigenvalue weighted by Gasteiger charge is -2.31. The summed E-state index contributed by atoms with van der Waals surface area (Å²) in [7, 11) is 0. The minimum Gasteiger partial charge on any atom is -0.464 e. The van der Waals surface area contributed by atoms with Gasteiger partial charge in [-0.2, -0.15) is 13.2 Å². The van der Waals surface area contributed by atoms with Gasteiger partial charge in [-0.1, -0.05) is 20.3 Å². The number of halogens is 3. The third kappa shape index (κ3) is 3.37. The molecule has 0 amide bonds. The van der Waals surface area contributed by atoms with E-state index in [0.29, 0.717) is 6.42 Å². The first-order valence-electron chi connectivity index (χ1n) is 5.21. The fourth-order valence-corrected chi connectivity index (χ4v) is 1.27.